The van der Waals surface area contributed by atoms with Crippen LogP contribution in [0.5, 0.6) is 5.75 Å². The molecule has 9 heteroatoms. The second-order valence-electron chi connectivity index (χ2n) is 9.07. The van der Waals surface area contributed by atoms with E-state index in [2.05, 4.69) is 20.2 Å². The Balaban J connectivity index is 1.30. The molecule has 1 N–H and O–H groups in total. The number of aryl methyl sites for hydroxylation is 1. The van der Waals surface area contributed by atoms with Gasteiger partial charge in [0.1, 0.15) is 23.7 Å². The van der Waals surface area contributed by atoms with Crippen molar-refractivity contribution < 1.29 is 18.7 Å². The van der Waals surface area contributed by atoms with Crippen molar-refractivity contribution in [3.63, 3.8) is 0 Å². The third kappa shape index (κ3) is 5.53. The Kier molecular flexibility index (Phi) is 7.50. The summed E-state index contributed by atoms with van der Waals surface area (Å²) >= 11 is 1.98. The molecule has 3 heterocycles. The first-order valence-electron chi connectivity index (χ1n) is 12.0. The first-order chi connectivity index (χ1) is 17.5. The van der Waals surface area contributed by atoms with E-state index in [1.54, 1.807) is 32.2 Å². The van der Waals surface area contributed by atoms with Crippen LogP contribution in [0.2, 0.25) is 0 Å². The highest BCUT2D eigenvalue weighted by atomic mass is 32.2. The summed E-state index contributed by atoms with van der Waals surface area (Å²) in [5, 5.41) is 4.53. The molecule has 2 aliphatic rings. The number of benzene rings is 2. The lowest BCUT2D eigenvalue weighted by atomic mass is 10.0. The van der Waals surface area contributed by atoms with Gasteiger partial charge in [-0.25, -0.2) is 14.4 Å². The summed E-state index contributed by atoms with van der Waals surface area (Å²) in [5.41, 5.74) is 2.70. The standard InChI is InChI=1S/C27H29FN4O3S/c1-17-10-19(5-6-22(17)28)31-27-21-12-18(24(34-2)13-23(21)29-16-30-27)11-20(33)4-3-7-32-14-25-26(15-32)36-9-8-35-25/h3-6,10,12-13,16,25-26H,7-9,11,14-15H2,1-2H3,(H,29,30,31)/b4-3+. The van der Waals surface area contributed by atoms with Crippen molar-refractivity contribution in [3.05, 3.63) is 65.8 Å². The molecule has 5 rings (SSSR count). The number of nitrogens with one attached hydrogen (secondary N) is 1. The Morgan fingerprint density at radius 3 is 3.00 bits per heavy atom. The minimum atomic E-state index is -0.262. The van der Waals surface area contributed by atoms with Gasteiger partial charge < -0.3 is 14.8 Å². The normalized spacial score (nSPS) is 20.1. The van der Waals surface area contributed by atoms with E-state index in [9.17, 15) is 9.18 Å². The van der Waals surface area contributed by atoms with Gasteiger partial charge in [0.05, 0.1) is 25.3 Å². The molecule has 0 saturated carbocycles. The monoisotopic (exact) mass is 508 g/mol. The molecule has 2 fully saturated rings. The van der Waals surface area contributed by atoms with Crippen LogP contribution >= 0.6 is 11.8 Å². The van der Waals surface area contributed by atoms with Crippen LogP contribution in [0.4, 0.5) is 15.9 Å². The molecule has 2 unspecified atom stereocenters. The van der Waals surface area contributed by atoms with Crippen molar-refractivity contribution in [2.75, 3.05) is 44.4 Å². The molecular weight excluding hydrogens is 479 g/mol. The lowest BCUT2D eigenvalue weighted by molar-refractivity contribution is -0.114. The summed E-state index contributed by atoms with van der Waals surface area (Å²) in [5.74, 6) is 1.97. The molecule has 7 nitrogen and oxygen atoms in total. The van der Waals surface area contributed by atoms with E-state index in [4.69, 9.17) is 9.47 Å². The Hall–Kier alpha value is -3.01. The van der Waals surface area contributed by atoms with Gasteiger partial charge in [-0.1, -0.05) is 6.08 Å². The maximum absolute atomic E-state index is 13.7. The Bertz CT molecular complexity index is 1290. The number of fused-ring (bicyclic) bond motifs is 2. The molecule has 2 aromatic carbocycles. The third-order valence-electron chi connectivity index (χ3n) is 6.53. The third-order valence-corrected chi connectivity index (χ3v) is 7.81. The summed E-state index contributed by atoms with van der Waals surface area (Å²) < 4.78 is 25.1. The van der Waals surface area contributed by atoms with Crippen LogP contribution in [-0.4, -0.2) is 71.1 Å². The zero-order valence-corrected chi connectivity index (χ0v) is 21.2. The maximum atomic E-state index is 13.7. The van der Waals surface area contributed by atoms with Gasteiger partial charge in [0.25, 0.3) is 0 Å². The van der Waals surface area contributed by atoms with Crippen LogP contribution in [0.15, 0.2) is 48.8 Å². The number of rotatable bonds is 8. The van der Waals surface area contributed by atoms with E-state index < -0.39 is 0 Å². The van der Waals surface area contributed by atoms with Crippen molar-refractivity contribution in [1.82, 2.24) is 14.9 Å². The highest BCUT2D eigenvalue weighted by molar-refractivity contribution is 8.00. The van der Waals surface area contributed by atoms with Crippen molar-refractivity contribution >= 4 is 40.0 Å². The fraction of sp³-hybridized carbons (Fsp3) is 0.370. The number of anilines is 2. The van der Waals surface area contributed by atoms with Crippen LogP contribution < -0.4 is 10.1 Å². The Morgan fingerprint density at radius 1 is 1.31 bits per heavy atom. The zero-order chi connectivity index (χ0) is 25.1. The fourth-order valence-electron chi connectivity index (χ4n) is 4.68. The molecule has 0 aliphatic carbocycles. The largest absolute Gasteiger partial charge is 0.496 e. The molecule has 0 bridgehead atoms. The number of hydrogen-bond donors (Lipinski definition) is 1. The second kappa shape index (κ2) is 10.9. The second-order valence-corrected chi connectivity index (χ2v) is 10.4. The summed E-state index contributed by atoms with van der Waals surface area (Å²) in [6.45, 7) is 5.18. The van der Waals surface area contributed by atoms with Gasteiger partial charge >= 0.3 is 0 Å². The van der Waals surface area contributed by atoms with Gasteiger partial charge in [0.15, 0.2) is 5.78 Å². The topological polar surface area (TPSA) is 76.6 Å². The van der Waals surface area contributed by atoms with Gasteiger partial charge in [0.2, 0.25) is 0 Å². The quantitative estimate of drug-likeness (QED) is 0.451. The van der Waals surface area contributed by atoms with Crippen molar-refractivity contribution in [2.45, 2.75) is 24.7 Å². The SMILES string of the molecule is COc1cc2ncnc(Nc3ccc(F)c(C)c3)c2cc1CC(=O)/C=C/CN1CC2OCCSC2C1. The lowest BCUT2D eigenvalue weighted by Gasteiger charge is -2.23. The molecule has 0 amide bonds. The molecule has 2 atom stereocenters. The van der Waals surface area contributed by atoms with Gasteiger partial charge in [0, 0.05) is 59.8 Å². The summed E-state index contributed by atoms with van der Waals surface area (Å²) in [7, 11) is 1.58. The molecule has 36 heavy (non-hydrogen) atoms. The predicted octanol–water partition coefficient (Wildman–Crippen LogP) is 4.31. The number of nitrogens with zero attached hydrogens (tertiary/aromatic N) is 3. The number of allylic oxidation sites excluding steroid dienone is 1. The van der Waals surface area contributed by atoms with E-state index in [0.717, 1.165) is 48.6 Å². The number of carbonyl (C=O) groups excluding carboxylic acids is 1. The number of aromatic nitrogens is 2. The predicted molar refractivity (Wildman–Crippen MR) is 141 cm³/mol. The number of ether oxygens (including phenoxy) is 2. The van der Waals surface area contributed by atoms with Crippen molar-refractivity contribution in [2.24, 2.45) is 0 Å². The number of thioether (sulfide) groups is 1. The summed E-state index contributed by atoms with van der Waals surface area (Å²) in [6, 6.07) is 8.51. The Morgan fingerprint density at radius 2 is 2.19 bits per heavy atom. The van der Waals surface area contributed by atoms with Crippen molar-refractivity contribution in [3.8, 4) is 5.75 Å². The average Bonchev–Trinajstić information content (AvgIpc) is 3.29. The first kappa shape index (κ1) is 24.7. The number of carbonyl (C=O) groups is 1. The van der Waals surface area contributed by atoms with E-state index in [-0.39, 0.29) is 18.0 Å². The highest BCUT2D eigenvalue weighted by Crippen LogP contribution is 2.31. The number of hydrogen-bond acceptors (Lipinski definition) is 8. The van der Waals surface area contributed by atoms with Crippen LogP contribution in [0, 0.1) is 12.7 Å². The minimum absolute atomic E-state index is 0.00425. The maximum Gasteiger partial charge on any atom is 0.159 e. The van der Waals surface area contributed by atoms with E-state index in [0.29, 0.717) is 34.0 Å². The fourth-order valence-corrected chi connectivity index (χ4v) is 5.87. The number of likely N-dealkylation sites (tertiary alicyclic amines) is 1. The number of halogens is 1. The van der Waals surface area contributed by atoms with Gasteiger partial charge in [-0.2, -0.15) is 11.8 Å². The van der Waals surface area contributed by atoms with E-state index in [1.807, 2.05) is 30.0 Å². The zero-order valence-electron chi connectivity index (χ0n) is 20.4. The van der Waals surface area contributed by atoms with E-state index in [1.165, 1.54) is 12.4 Å². The number of ketones is 1. The minimum Gasteiger partial charge on any atom is -0.496 e. The molecule has 2 saturated heterocycles. The van der Waals surface area contributed by atoms with Gasteiger partial charge in [-0.15, -0.1) is 0 Å². The molecule has 0 spiro atoms. The van der Waals surface area contributed by atoms with Crippen LogP contribution in [0.25, 0.3) is 10.9 Å². The summed E-state index contributed by atoms with van der Waals surface area (Å²) in [6.07, 6.45) is 5.56. The molecule has 188 valence electrons. The first-order valence-corrected chi connectivity index (χ1v) is 13.0. The molecule has 1 aromatic heterocycles. The van der Waals surface area contributed by atoms with Crippen LogP contribution in [0.3, 0.4) is 0 Å². The number of methoxy groups -OCH3 is 1. The highest BCUT2D eigenvalue weighted by Gasteiger charge is 2.35. The van der Waals surface area contributed by atoms with Crippen molar-refractivity contribution in [1.29, 1.82) is 0 Å². The van der Waals surface area contributed by atoms with Gasteiger partial charge in [-0.3, -0.25) is 9.69 Å². The average molecular weight is 509 g/mol. The summed E-state index contributed by atoms with van der Waals surface area (Å²) in [4.78, 5) is 23.9. The van der Waals surface area contributed by atoms with Crippen LogP contribution in [0.1, 0.15) is 11.1 Å². The van der Waals surface area contributed by atoms with Crippen LogP contribution in [-0.2, 0) is 16.0 Å². The van der Waals surface area contributed by atoms with E-state index >= 15 is 0 Å². The Labute approximate surface area is 214 Å². The molecular formula is C27H29FN4O3S. The smallest absolute Gasteiger partial charge is 0.159 e. The molecule has 0 radical (unpaired) electrons. The molecule has 3 aromatic rings. The lowest BCUT2D eigenvalue weighted by Crippen LogP contribution is -2.30. The van der Waals surface area contributed by atoms with Gasteiger partial charge in [-0.05, 0) is 42.8 Å². The molecule has 2 aliphatic heterocycles.